The van der Waals surface area contributed by atoms with Gasteiger partial charge in [0.05, 0.1) is 19.3 Å². The summed E-state index contributed by atoms with van der Waals surface area (Å²) in [4.78, 5) is 0. The fourth-order valence-electron chi connectivity index (χ4n) is 0.751. The van der Waals surface area contributed by atoms with Crippen LogP contribution in [0, 0.1) is 0 Å². The van der Waals surface area contributed by atoms with Gasteiger partial charge in [0.2, 0.25) is 0 Å². The Bertz CT molecular complexity index is 62.6. The van der Waals surface area contributed by atoms with Crippen LogP contribution in [0.1, 0.15) is 13.8 Å². The first kappa shape index (κ1) is 9.88. The van der Waals surface area contributed by atoms with Crippen LogP contribution in [-0.2, 0) is 4.74 Å². The summed E-state index contributed by atoms with van der Waals surface area (Å²) in [5.41, 5.74) is 0. The number of ether oxygens (including phenoxy) is 1. The van der Waals surface area contributed by atoms with Gasteiger partial charge >= 0.3 is 0 Å². The van der Waals surface area contributed by atoms with Crippen LogP contribution in [0.5, 0.6) is 0 Å². The number of hydrogen-bond acceptors (Lipinski definition) is 2. The smallest absolute Gasteiger partial charge is 0.161 e. The van der Waals surface area contributed by atoms with Crippen LogP contribution in [0.25, 0.3) is 0 Å². The molecule has 0 bridgehead atoms. The Labute approximate surface area is 62.4 Å². The zero-order valence-electron chi connectivity index (χ0n) is 6.81. The van der Waals surface area contributed by atoms with Crippen molar-refractivity contribution < 1.29 is 9.84 Å². The summed E-state index contributed by atoms with van der Waals surface area (Å²) in [6, 6.07) is 0.281. The molecule has 0 spiro atoms. The summed E-state index contributed by atoms with van der Waals surface area (Å²) in [6.45, 7) is 6.85. The molecule has 1 aliphatic rings. The minimum Gasteiger partial charge on any atom is -0.444 e. The van der Waals surface area contributed by atoms with Crippen molar-refractivity contribution in [1.29, 1.82) is 0 Å². The Morgan fingerprint density at radius 3 is 2.60 bits per heavy atom. The molecule has 62 valence electrons. The third kappa shape index (κ3) is 3.82. The Kier molecular flexibility index (Phi) is 6.91. The van der Waals surface area contributed by atoms with E-state index in [0.29, 0.717) is 13.2 Å². The standard InChI is InChI=1S/C5H11NO2.C2H6/c7-3-5-4-8-2-1-6-5;1-2/h5-7H,1-4H2;1-2H3/p+1. The Morgan fingerprint density at radius 1 is 1.60 bits per heavy atom. The average Bonchev–Trinajstić information content (AvgIpc) is 2.10. The van der Waals surface area contributed by atoms with Gasteiger partial charge in [-0.15, -0.1) is 0 Å². The van der Waals surface area contributed by atoms with Crippen LogP contribution in [-0.4, -0.2) is 37.5 Å². The Morgan fingerprint density at radius 2 is 2.30 bits per heavy atom. The third-order valence-electron chi connectivity index (χ3n) is 1.24. The number of hydrogen-bond donors (Lipinski definition) is 1. The van der Waals surface area contributed by atoms with Gasteiger partial charge in [0.1, 0.15) is 0 Å². The van der Waals surface area contributed by atoms with Crippen molar-refractivity contribution in [1.82, 2.24) is 5.32 Å². The molecule has 0 aliphatic carbocycles. The van der Waals surface area contributed by atoms with E-state index in [0.717, 1.165) is 13.2 Å². The lowest BCUT2D eigenvalue weighted by molar-refractivity contribution is 0.0550. The summed E-state index contributed by atoms with van der Waals surface area (Å²) in [7, 11) is 0. The SMILES string of the molecule is CC.[OH2+]CC1COCCN1. The molecular weight excluding hydrogens is 130 g/mol. The Hall–Kier alpha value is -0.120. The van der Waals surface area contributed by atoms with Gasteiger partial charge in [-0.25, -0.2) is 0 Å². The highest BCUT2D eigenvalue weighted by Gasteiger charge is 2.12. The normalized spacial score (nSPS) is 24.9. The third-order valence-corrected chi connectivity index (χ3v) is 1.24. The first-order valence-corrected chi connectivity index (χ1v) is 3.89. The maximum absolute atomic E-state index is 6.95. The lowest BCUT2D eigenvalue weighted by atomic mass is 10.3. The molecule has 3 nitrogen and oxygen atoms in total. The van der Waals surface area contributed by atoms with Crippen LogP contribution < -0.4 is 5.32 Å². The molecular formula is C7H18NO2+. The lowest BCUT2D eigenvalue weighted by Crippen LogP contribution is -2.43. The van der Waals surface area contributed by atoms with Gasteiger partial charge in [-0.1, -0.05) is 13.8 Å². The van der Waals surface area contributed by atoms with Crippen LogP contribution in [0.2, 0.25) is 0 Å². The maximum Gasteiger partial charge on any atom is 0.161 e. The van der Waals surface area contributed by atoms with Crippen molar-refractivity contribution >= 4 is 0 Å². The van der Waals surface area contributed by atoms with Crippen LogP contribution in [0.15, 0.2) is 0 Å². The molecule has 3 N–H and O–H groups in total. The zero-order valence-corrected chi connectivity index (χ0v) is 6.81. The van der Waals surface area contributed by atoms with Crippen LogP contribution >= 0.6 is 0 Å². The van der Waals surface area contributed by atoms with Gasteiger partial charge in [0, 0.05) is 6.54 Å². The molecule has 1 aliphatic heterocycles. The van der Waals surface area contributed by atoms with Gasteiger partial charge in [-0.3, -0.25) is 0 Å². The molecule has 3 heteroatoms. The van der Waals surface area contributed by atoms with E-state index < -0.39 is 0 Å². The largest absolute Gasteiger partial charge is 0.444 e. The van der Waals surface area contributed by atoms with Crippen molar-refractivity contribution in [2.75, 3.05) is 26.4 Å². The topological polar surface area (TPSA) is 44.2 Å². The van der Waals surface area contributed by atoms with E-state index in [1.165, 1.54) is 0 Å². The van der Waals surface area contributed by atoms with E-state index in [-0.39, 0.29) is 6.04 Å². The fraction of sp³-hybridized carbons (Fsp3) is 1.00. The summed E-state index contributed by atoms with van der Waals surface area (Å²) < 4.78 is 5.09. The quantitative estimate of drug-likeness (QED) is 0.520. The fourth-order valence-corrected chi connectivity index (χ4v) is 0.751. The van der Waals surface area contributed by atoms with Crippen LogP contribution in [0.3, 0.4) is 0 Å². The first-order chi connectivity index (χ1) is 4.93. The van der Waals surface area contributed by atoms with Gasteiger partial charge in [-0.2, -0.15) is 0 Å². The second kappa shape index (κ2) is 6.99. The van der Waals surface area contributed by atoms with Crippen molar-refractivity contribution in [2.45, 2.75) is 19.9 Å². The van der Waals surface area contributed by atoms with E-state index in [1.807, 2.05) is 13.8 Å². The number of nitrogens with one attached hydrogen (secondary N) is 1. The minimum atomic E-state index is 0.281. The summed E-state index contributed by atoms with van der Waals surface area (Å²) in [6.07, 6.45) is 0. The molecule has 10 heavy (non-hydrogen) atoms. The van der Waals surface area contributed by atoms with Crippen molar-refractivity contribution in [2.24, 2.45) is 0 Å². The highest BCUT2D eigenvalue weighted by atomic mass is 16.5. The molecule has 0 radical (unpaired) electrons. The molecule has 1 saturated heterocycles. The molecule has 1 atom stereocenters. The average molecular weight is 148 g/mol. The summed E-state index contributed by atoms with van der Waals surface area (Å²) >= 11 is 0. The highest BCUT2D eigenvalue weighted by molar-refractivity contribution is 4.67. The molecule has 0 aromatic carbocycles. The van der Waals surface area contributed by atoms with E-state index in [9.17, 15) is 0 Å². The van der Waals surface area contributed by atoms with Gasteiger partial charge < -0.3 is 15.2 Å². The Balaban J connectivity index is 0.000000371. The minimum absolute atomic E-state index is 0.281. The van der Waals surface area contributed by atoms with Crippen molar-refractivity contribution in [3.8, 4) is 0 Å². The monoisotopic (exact) mass is 148 g/mol. The van der Waals surface area contributed by atoms with Crippen molar-refractivity contribution in [3.63, 3.8) is 0 Å². The first-order valence-electron chi connectivity index (χ1n) is 3.89. The summed E-state index contributed by atoms with van der Waals surface area (Å²) in [5, 5.41) is 10.1. The maximum atomic E-state index is 6.95. The van der Waals surface area contributed by atoms with Gasteiger partial charge in [0.15, 0.2) is 6.61 Å². The molecule has 0 amide bonds. The van der Waals surface area contributed by atoms with Gasteiger partial charge in [0.25, 0.3) is 0 Å². The molecule has 1 rings (SSSR count). The predicted molar refractivity (Wildman–Crippen MR) is 42.4 cm³/mol. The van der Waals surface area contributed by atoms with E-state index in [4.69, 9.17) is 9.84 Å². The zero-order chi connectivity index (χ0) is 7.82. The van der Waals surface area contributed by atoms with E-state index in [2.05, 4.69) is 5.32 Å². The second-order valence-electron chi connectivity index (χ2n) is 1.93. The highest BCUT2D eigenvalue weighted by Crippen LogP contribution is 1.89. The van der Waals surface area contributed by atoms with E-state index in [1.54, 1.807) is 0 Å². The predicted octanol–water partition coefficient (Wildman–Crippen LogP) is -0.274. The van der Waals surface area contributed by atoms with Crippen molar-refractivity contribution in [3.05, 3.63) is 0 Å². The lowest BCUT2D eigenvalue weighted by Gasteiger charge is -2.19. The number of rotatable bonds is 1. The number of morpholine rings is 1. The molecule has 0 aromatic heterocycles. The molecule has 0 saturated carbocycles. The molecule has 1 heterocycles. The van der Waals surface area contributed by atoms with Crippen LogP contribution in [0.4, 0.5) is 0 Å². The van der Waals surface area contributed by atoms with Gasteiger partial charge in [-0.05, 0) is 0 Å². The summed E-state index contributed by atoms with van der Waals surface area (Å²) in [5.74, 6) is 0. The molecule has 1 fully saturated rings. The molecule has 0 aromatic rings. The molecule has 1 unspecified atom stereocenters. The van der Waals surface area contributed by atoms with E-state index >= 15 is 0 Å². The second-order valence-corrected chi connectivity index (χ2v) is 1.93.